The van der Waals surface area contributed by atoms with E-state index in [4.69, 9.17) is 9.84 Å². The third-order valence-electron chi connectivity index (χ3n) is 7.37. The maximum absolute atomic E-state index is 13.1. The number of Topliss-reactive ketones (excluding diaryl/α,β-unsaturated/α-hetero) is 1. The first-order chi connectivity index (χ1) is 19.2. The fourth-order valence-corrected chi connectivity index (χ4v) is 4.78. The van der Waals surface area contributed by atoms with E-state index in [-0.39, 0.29) is 29.9 Å². The maximum atomic E-state index is 13.1. The van der Waals surface area contributed by atoms with Crippen molar-refractivity contribution in [2.45, 2.75) is 142 Å². The zero-order valence-corrected chi connectivity index (χ0v) is 25.5. The first-order valence-electron chi connectivity index (χ1n) is 15.0. The summed E-state index contributed by atoms with van der Waals surface area (Å²) in [5.74, 6) is -5.74. The molecular formula is C30H53NO10. The number of nitrogens with one attached hydrogen (secondary N) is 1. The largest absolute Gasteiger partial charge is 0.481 e. The van der Waals surface area contributed by atoms with Gasteiger partial charge in [0, 0.05) is 19.3 Å². The van der Waals surface area contributed by atoms with Gasteiger partial charge in [0.05, 0.1) is 37.0 Å². The highest BCUT2D eigenvalue weighted by Gasteiger charge is 2.31. The van der Waals surface area contributed by atoms with Crippen LogP contribution in [-0.2, 0) is 28.7 Å². The van der Waals surface area contributed by atoms with Gasteiger partial charge < -0.3 is 30.5 Å². The Hall–Kier alpha value is -2.53. The Balaban J connectivity index is 4.78. The summed E-state index contributed by atoms with van der Waals surface area (Å²) in [6.45, 7) is 8.85. The number of hydrogen-bond acceptors (Lipinski definition) is 8. The van der Waals surface area contributed by atoms with Gasteiger partial charge in [-0.05, 0) is 32.1 Å². The van der Waals surface area contributed by atoms with Crippen molar-refractivity contribution in [3.05, 3.63) is 0 Å². The minimum atomic E-state index is -1.42. The summed E-state index contributed by atoms with van der Waals surface area (Å²) in [6, 6.07) is -0.434. The average molecular weight is 588 g/mol. The number of rotatable bonds is 24. The van der Waals surface area contributed by atoms with Crippen molar-refractivity contribution < 1.29 is 49.1 Å². The predicted octanol–water partition coefficient (Wildman–Crippen LogP) is 3.86. The van der Waals surface area contributed by atoms with Crippen LogP contribution in [0.4, 0.5) is 0 Å². The Bertz CT molecular complexity index is 817. The molecule has 0 spiro atoms. The van der Waals surface area contributed by atoms with Crippen LogP contribution >= 0.6 is 0 Å². The van der Waals surface area contributed by atoms with E-state index in [1.807, 2.05) is 13.8 Å². The molecule has 11 nitrogen and oxygen atoms in total. The van der Waals surface area contributed by atoms with Crippen molar-refractivity contribution in [1.82, 2.24) is 5.32 Å². The van der Waals surface area contributed by atoms with Gasteiger partial charge in [-0.15, -0.1) is 0 Å². The van der Waals surface area contributed by atoms with Crippen molar-refractivity contribution in [3.8, 4) is 0 Å². The van der Waals surface area contributed by atoms with Crippen LogP contribution in [0.3, 0.4) is 0 Å². The number of carbonyl (C=O) groups excluding carboxylic acids is 3. The van der Waals surface area contributed by atoms with Gasteiger partial charge in [-0.3, -0.25) is 24.0 Å². The molecule has 0 fully saturated rings. The molecular weight excluding hydrogens is 534 g/mol. The fourth-order valence-electron chi connectivity index (χ4n) is 4.78. The number of carboxylic acid groups (broad SMARTS) is 2. The third kappa shape index (κ3) is 18.5. The Morgan fingerprint density at radius 3 is 1.95 bits per heavy atom. The summed E-state index contributed by atoms with van der Waals surface area (Å²) in [5.41, 5.74) is 0. The molecule has 41 heavy (non-hydrogen) atoms. The van der Waals surface area contributed by atoms with Crippen LogP contribution in [0.5, 0.6) is 0 Å². The summed E-state index contributed by atoms with van der Waals surface area (Å²) in [6.07, 6.45) is 3.88. The van der Waals surface area contributed by atoms with E-state index in [1.165, 1.54) is 6.92 Å². The average Bonchev–Trinajstić information content (AvgIpc) is 2.87. The molecule has 0 aromatic carbocycles. The number of ketones is 1. The summed E-state index contributed by atoms with van der Waals surface area (Å²) >= 11 is 0. The van der Waals surface area contributed by atoms with Gasteiger partial charge in [-0.1, -0.05) is 65.7 Å². The van der Waals surface area contributed by atoms with E-state index in [9.17, 15) is 39.3 Å². The summed E-state index contributed by atoms with van der Waals surface area (Å²) in [4.78, 5) is 59.1. The number of amides is 1. The van der Waals surface area contributed by atoms with Crippen molar-refractivity contribution in [2.75, 3.05) is 0 Å². The van der Waals surface area contributed by atoms with Gasteiger partial charge in [-0.25, -0.2) is 0 Å². The number of esters is 1. The predicted molar refractivity (Wildman–Crippen MR) is 153 cm³/mol. The van der Waals surface area contributed by atoms with Crippen molar-refractivity contribution in [3.63, 3.8) is 0 Å². The lowest BCUT2D eigenvalue weighted by Crippen LogP contribution is -2.41. The molecule has 1 amide bonds. The van der Waals surface area contributed by atoms with Crippen molar-refractivity contribution in [1.29, 1.82) is 0 Å². The fraction of sp³-hybridized carbons (Fsp3) is 0.833. The molecule has 0 aromatic rings. The maximum Gasteiger partial charge on any atom is 0.307 e. The third-order valence-corrected chi connectivity index (χ3v) is 7.37. The molecule has 238 valence electrons. The lowest BCUT2D eigenvalue weighted by molar-refractivity contribution is -0.161. The van der Waals surface area contributed by atoms with Crippen molar-refractivity contribution in [2.24, 2.45) is 17.8 Å². The van der Waals surface area contributed by atoms with Crippen LogP contribution in [0, 0.1) is 17.8 Å². The van der Waals surface area contributed by atoms with Gasteiger partial charge >= 0.3 is 17.9 Å². The second-order valence-electron chi connectivity index (χ2n) is 11.5. The van der Waals surface area contributed by atoms with Gasteiger partial charge in [-0.2, -0.15) is 0 Å². The SMILES string of the molecule is CCCC[C@H](C)C(=O)[C@H](C[C@H](C)CCCCCC[C@H](O)C[C@H](O)[C@@H](C)NC(C)=O)OC(=O)C[C@H](CC(=O)O)C(=O)O. The van der Waals surface area contributed by atoms with E-state index in [0.29, 0.717) is 19.3 Å². The second kappa shape index (κ2) is 21.2. The minimum Gasteiger partial charge on any atom is -0.481 e. The molecule has 0 aliphatic carbocycles. The summed E-state index contributed by atoms with van der Waals surface area (Å²) in [7, 11) is 0. The van der Waals surface area contributed by atoms with Crippen LogP contribution in [0.1, 0.15) is 118 Å². The van der Waals surface area contributed by atoms with Crippen LogP contribution in [0.15, 0.2) is 0 Å². The van der Waals surface area contributed by atoms with E-state index in [1.54, 1.807) is 13.8 Å². The molecule has 0 rings (SSSR count). The molecule has 0 saturated heterocycles. The zero-order chi connectivity index (χ0) is 31.5. The van der Waals surface area contributed by atoms with E-state index >= 15 is 0 Å². The Morgan fingerprint density at radius 1 is 0.805 bits per heavy atom. The molecule has 0 aliphatic heterocycles. The Kier molecular flexibility index (Phi) is 19.9. The Labute approximate surface area is 244 Å². The van der Waals surface area contributed by atoms with E-state index in [2.05, 4.69) is 5.32 Å². The van der Waals surface area contributed by atoms with Gasteiger partial charge in [0.15, 0.2) is 11.9 Å². The minimum absolute atomic E-state index is 0.0559. The molecule has 0 aliphatic rings. The topological polar surface area (TPSA) is 188 Å². The number of aliphatic carboxylic acids is 2. The number of carbonyl (C=O) groups is 5. The molecule has 11 heteroatoms. The molecule has 0 aromatic heterocycles. The molecule has 0 bridgehead atoms. The second-order valence-corrected chi connectivity index (χ2v) is 11.5. The summed E-state index contributed by atoms with van der Waals surface area (Å²) in [5, 5.41) is 41.1. The van der Waals surface area contributed by atoms with Gasteiger partial charge in [0.25, 0.3) is 0 Å². The van der Waals surface area contributed by atoms with Crippen LogP contribution in [0.25, 0.3) is 0 Å². The molecule has 0 saturated carbocycles. The number of aliphatic hydroxyl groups is 2. The van der Waals surface area contributed by atoms with Gasteiger partial charge in [0.2, 0.25) is 5.91 Å². The highest BCUT2D eigenvalue weighted by atomic mass is 16.5. The lowest BCUT2D eigenvalue weighted by atomic mass is 9.89. The highest BCUT2D eigenvalue weighted by Crippen LogP contribution is 2.23. The molecule has 0 unspecified atom stereocenters. The first kappa shape index (κ1) is 38.5. The molecule has 5 N–H and O–H groups in total. The lowest BCUT2D eigenvalue weighted by Gasteiger charge is -2.24. The molecule has 0 radical (unpaired) electrons. The smallest absolute Gasteiger partial charge is 0.307 e. The zero-order valence-electron chi connectivity index (χ0n) is 25.5. The first-order valence-corrected chi connectivity index (χ1v) is 15.0. The number of ether oxygens (including phenoxy) is 1. The number of carboxylic acids is 2. The quantitative estimate of drug-likeness (QED) is 0.0819. The monoisotopic (exact) mass is 587 g/mol. The molecule has 0 heterocycles. The standard InChI is InChI=1S/C30H53NO10/c1-6-7-13-20(3)29(38)26(41-28(37)17-23(30(39)40)16-27(35)36)15-19(2)12-10-8-9-11-14-24(33)18-25(34)21(4)31-22(5)32/h19-21,23-26,33-34H,6-18H2,1-5H3,(H,31,32)(H,35,36)(H,39,40)/t19-,20+,21-,23+,24+,25+,26+/m1/s1. The molecule has 7 atom stereocenters. The van der Waals surface area contributed by atoms with E-state index in [0.717, 1.165) is 44.9 Å². The van der Waals surface area contributed by atoms with Crippen LogP contribution in [0.2, 0.25) is 0 Å². The highest BCUT2D eigenvalue weighted by molar-refractivity contribution is 5.88. The van der Waals surface area contributed by atoms with E-state index < -0.39 is 61.0 Å². The van der Waals surface area contributed by atoms with Crippen molar-refractivity contribution >= 4 is 29.6 Å². The number of aliphatic hydroxyl groups excluding tert-OH is 2. The normalized spacial score (nSPS) is 16.5. The summed E-state index contributed by atoms with van der Waals surface area (Å²) < 4.78 is 5.47. The van der Waals surface area contributed by atoms with Crippen LogP contribution in [-0.4, -0.2) is 74.4 Å². The number of hydrogen-bond donors (Lipinski definition) is 5. The Morgan fingerprint density at radius 2 is 1.41 bits per heavy atom. The number of unbranched alkanes of at least 4 members (excludes halogenated alkanes) is 4. The van der Waals surface area contributed by atoms with Crippen LogP contribution < -0.4 is 5.32 Å². The van der Waals surface area contributed by atoms with Gasteiger partial charge in [0.1, 0.15) is 0 Å².